The van der Waals surface area contributed by atoms with Crippen molar-refractivity contribution in [3.63, 3.8) is 0 Å². The number of alkyl carbamates (subject to hydrolysis) is 2. The summed E-state index contributed by atoms with van der Waals surface area (Å²) >= 11 is 0. The molecule has 0 unspecified atom stereocenters. The molecule has 1 saturated heterocycles. The smallest absolute Gasteiger partial charge is 0.407 e. The van der Waals surface area contributed by atoms with E-state index in [1.807, 2.05) is 48.5 Å². The zero-order valence-electron chi connectivity index (χ0n) is 32.5. The molecule has 4 aromatic rings. The molecule has 6 atom stereocenters. The fraction of sp³-hybridized carbons (Fsp3) is 0.400. The molecule has 2 aromatic heterocycles. The van der Waals surface area contributed by atoms with E-state index in [0.29, 0.717) is 18.2 Å². The number of hydrogen-bond acceptors (Lipinski definition) is 10. The highest BCUT2D eigenvalue weighted by molar-refractivity contribution is 5.87. The third-order valence-corrected chi connectivity index (χ3v) is 9.70. The lowest BCUT2D eigenvalue weighted by atomic mass is 10.1. The van der Waals surface area contributed by atoms with E-state index in [4.69, 9.17) is 14.2 Å². The molecule has 16 heteroatoms. The Kier molecular flexibility index (Phi) is 13.8. The number of benzene rings is 2. The zero-order valence-corrected chi connectivity index (χ0v) is 32.5. The lowest BCUT2D eigenvalue weighted by Gasteiger charge is -2.30. The van der Waals surface area contributed by atoms with Gasteiger partial charge in [0.2, 0.25) is 11.8 Å². The molecule has 0 spiro atoms. The minimum Gasteiger partial charge on any atom is -0.453 e. The van der Waals surface area contributed by atoms with Gasteiger partial charge in [-0.3, -0.25) is 9.59 Å². The first-order valence-corrected chi connectivity index (χ1v) is 18.1. The normalized spacial score (nSPS) is 16.3. The number of carbonyl (C=O) groups excluding carboxylic acids is 4. The molecule has 1 aliphatic heterocycles. The summed E-state index contributed by atoms with van der Waals surface area (Å²) in [4.78, 5) is 67.7. The van der Waals surface area contributed by atoms with Crippen LogP contribution in [0.3, 0.4) is 0 Å². The third kappa shape index (κ3) is 9.92. The topological polar surface area (TPSA) is 202 Å². The highest BCUT2D eigenvalue weighted by atomic mass is 16.5. The number of H-pyrrole nitrogens is 2. The van der Waals surface area contributed by atoms with Gasteiger partial charge in [-0.05, 0) is 69.0 Å². The Morgan fingerprint density at radius 2 is 1.25 bits per heavy atom. The van der Waals surface area contributed by atoms with Crippen LogP contribution in [0.5, 0.6) is 0 Å². The first-order chi connectivity index (χ1) is 27.0. The molecule has 16 nitrogen and oxygen atoms in total. The van der Waals surface area contributed by atoms with Gasteiger partial charge in [0.25, 0.3) is 0 Å². The third-order valence-electron chi connectivity index (χ3n) is 9.70. The summed E-state index contributed by atoms with van der Waals surface area (Å²) in [5.74, 6) is 6.93. The summed E-state index contributed by atoms with van der Waals surface area (Å²) in [5.41, 5.74) is 5.04. The summed E-state index contributed by atoms with van der Waals surface area (Å²) in [7, 11) is 5.41. The monoisotopic (exact) mass is 768 g/mol. The summed E-state index contributed by atoms with van der Waals surface area (Å²) in [6.45, 7) is 5.71. The Hall–Kier alpha value is -6.18. The van der Waals surface area contributed by atoms with Gasteiger partial charge < -0.3 is 49.8 Å². The van der Waals surface area contributed by atoms with Crippen LogP contribution in [0.1, 0.15) is 68.5 Å². The number of ether oxygens (including phenoxy) is 4. The van der Waals surface area contributed by atoms with Crippen LogP contribution < -0.4 is 16.0 Å². The van der Waals surface area contributed by atoms with E-state index < -0.39 is 48.4 Å². The van der Waals surface area contributed by atoms with E-state index in [2.05, 4.69) is 52.5 Å². The van der Waals surface area contributed by atoms with Gasteiger partial charge in [-0.15, -0.1) is 0 Å². The maximum Gasteiger partial charge on any atom is 0.407 e. The van der Waals surface area contributed by atoms with E-state index in [1.54, 1.807) is 38.1 Å². The number of amides is 4. The minimum atomic E-state index is -0.960. The molecule has 0 saturated carbocycles. The van der Waals surface area contributed by atoms with E-state index in [0.717, 1.165) is 46.5 Å². The van der Waals surface area contributed by atoms with Crippen LogP contribution in [0.15, 0.2) is 60.9 Å². The maximum absolute atomic E-state index is 13.6. The molecule has 1 aliphatic rings. The summed E-state index contributed by atoms with van der Waals surface area (Å²) < 4.78 is 20.0. The molecule has 0 bridgehead atoms. The molecule has 3 heterocycles. The van der Waals surface area contributed by atoms with Gasteiger partial charge in [0.05, 0.1) is 62.3 Å². The van der Waals surface area contributed by atoms with Crippen LogP contribution >= 0.6 is 0 Å². The molecule has 5 N–H and O–H groups in total. The number of nitrogens with zero attached hydrogens (tertiary/aromatic N) is 3. The van der Waals surface area contributed by atoms with Gasteiger partial charge >= 0.3 is 12.2 Å². The van der Waals surface area contributed by atoms with Crippen molar-refractivity contribution < 1.29 is 38.1 Å². The lowest BCUT2D eigenvalue weighted by Crippen LogP contribution is -2.54. The van der Waals surface area contributed by atoms with Crippen LogP contribution in [0.25, 0.3) is 22.5 Å². The SMILES string of the molecule is COC(=O)N[C@H](C(=O)N[C@@H](C)c1ncc(-c2ccc(C#Cc3ccc(-c4cnc([C@@H]5CCCN5C(=O)[C@@H](NC(=O)OC)[C@@H](C)OC)[nH]4)cc3)cc2)[nH]1)[C@@H](C)OC. The second-order valence-electron chi connectivity index (χ2n) is 13.3. The van der Waals surface area contributed by atoms with Gasteiger partial charge in [-0.25, -0.2) is 19.6 Å². The number of nitrogens with one attached hydrogen (secondary N) is 5. The van der Waals surface area contributed by atoms with Crippen LogP contribution in [0.4, 0.5) is 9.59 Å². The van der Waals surface area contributed by atoms with Crippen LogP contribution in [0.2, 0.25) is 0 Å². The largest absolute Gasteiger partial charge is 0.453 e. The van der Waals surface area contributed by atoms with Crippen LogP contribution in [0, 0.1) is 11.8 Å². The second kappa shape index (κ2) is 18.9. The van der Waals surface area contributed by atoms with Gasteiger partial charge in [0.1, 0.15) is 23.7 Å². The fourth-order valence-corrected chi connectivity index (χ4v) is 6.25. The number of carbonyl (C=O) groups is 4. The van der Waals surface area contributed by atoms with Crippen molar-refractivity contribution in [2.24, 2.45) is 0 Å². The quantitative estimate of drug-likeness (QED) is 0.123. The predicted molar refractivity (Wildman–Crippen MR) is 206 cm³/mol. The van der Waals surface area contributed by atoms with Crippen LogP contribution in [-0.4, -0.2) is 108 Å². The van der Waals surface area contributed by atoms with Crippen molar-refractivity contribution in [3.8, 4) is 34.4 Å². The van der Waals surface area contributed by atoms with E-state index >= 15 is 0 Å². The summed E-state index contributed by atoms with van der Waals surface area (Å²) in [6.07, 6.45) is 2.39. The Bertz CT molecular complexity index is 2030. The minimum absolute atomic E-state index is 0.259. The zero-order chi connectivity index (χ0) is 40.4. The van der Waals surface area contributed by atoms with Crippen LogP contribution in [-0.2, 0) is 28.5 Å². The van der Waals surface area contributed by atoms with E-state index in [9.17, 15) is 19.2 Å². The number of likely N-dealkylation sites (tertiary alicyclic amines) is 1. The lowest BCUT2D eigenvalue weighted by molar-refractivity contribution is -0.137. The summed E-state index contributed by atoms with van der Waals surface area (Å²) in [5, 5.41) is 7.96. The number of rotatable bonds is 13. The van der Waals surface area contributed by atoms with Crippen molar-refractivity contribution in [2.45, 2.75) is 70.0 Å². The van der Waals surface area contributed by atoms with Gasteiger partial charge in [0.15, 0.2) is 0 Å². The highest BCUT2D eigenvalue weighted by Gasteiger charge is 2.38. The number of imidazole rings is 2. The molecule has 56 heavy (non-hydrogen) atoms. The van der Waals surface area contributed by atoms with Crippen molar-refractivity contribution in [2.75, 3.05) is 35.0 Å². The van der Waals surface area contributed by atoms with E-state index in [-0.39, 0.29) is 11.9 Å². The molecule has 296 valence electrons. The molecule has 5 rings (SSSR count). The molecule has 1 fully saturated rings. The Balaban J connectivity index is 1.19. The number of aromatic amines is 2. The summed E-state index contributed by atoms with van der Waals surface area (Å²) in [6, 6.07) is 12.9. The van der Waals surface area contributed by atoms with Crippen molar-refractivity contribution in [1.82, 2.24) is 40.8 Å². The fourth-order valence-electron chi connectivity index (χ4n) is 6.25. The first-order valence-electron chi connectivity index (χ1n) is 18.1. The first kappa shape index (κ1) is 41.0. The highest BCUT2D eigenvalue weighted by Crippen LogP contribution is 2.32. The number of hydrogen-bond donors (Lipinski definition) is 5. The Labute approximate surface area is 325 Å². The van der Waals surface area contributed by atoms with Crippen molar-refractivity contribution in [1.29, 1.82) is 0 Å². The molecule has 4 amide bonds. The van der Waals surface area contributed by atoms with Crippen molar-refractivity contribution in [3.05, 3.63) is 83.7 Å². The molecule has 0 radical (unpaired) electrons. The van der Waals surface area contributed by atoms with Gasteiger partial charge in [0, 0.05) is 31.9 Å². The molecular weight excluding hydrogens is 720 g/mol. The average molecular weight is 769 g/mol. The average Bonchev–Trinajstić information content (AvgIpc) is 4.02. The van der Waals surface area contributed by atoms with Gasteiger partial charge in [-0.2, -0.15) is 0 Å². The standard InChI is InChI=1S/C40H48N8O8/c1-23(43-37(49)33(24(2)53-4)46-39(51)55-6)35-41-21-30(44-35)28-16-12-26(13-17-28)10-11-27-14-18-29(19-15-27)31-22-42-36(45-31)32-9-8-20-48(32)38(50)34(25(3)54-5)47-40(52)56-7/h12-19,21-25,32-34H,8-9,20H2,1-7H3,(H,41,44)(H,42,45)(H,43,49)(H,46,51)(H,47,52)/t23-,24+,25+,32-,33-,34-/m0/s1. The van der Waals surface area contributed by atoms with Gasteiger partial charge in [-0.1, -0.05) is 36.1 Å². The number of methoxy groups -OCH3 is 4. The molecular formula is C40H48N8O8. The predicted octanol–water partition coefficient (Wildman–Crippen LogP) is 4.23. The molecule has 2 aromatic carbocycles. The maximum atomic E-state index is 13.6. The van der Waals surface area contributed by atoms with E-state index in [1.165, 1.54) is 28.4 Å². The molecule has 0 aliphatic carbocycles. The Morgan fingerprint density at radius 3 is 1.80 bits per heavy atom. The Morgan fingerprint density at radius 1 is 0.732 bits per heavy atom. The second-order valence-corrected chi connectivity index (χ2v) is 13.3. The number of aromatic nitrogens is 4. The van der Waals surface area contributed by atoms with Crippen molar-refractivity contribution >= 4 is 24.0 Å².